The Kier molecular flexibility index (Phi) is 7.96. The minimum Gasteiger partial charge on any atom is -0.444 e. The second-order valence-corrected chi connectivity index (χ2v) is 9.30. The molecule has 0 radical (unpaired) electrons. The van der Waals surface area contributed by atoms with E-state index in [4.69, 9.17) is 4.74 Å². The van der Waals surface area contributed by atoms with Gasteiger partial charge in [0, 0.05) is 0 Å². The largest absolute Gasteiger partial charge is 0.444 e. The van der Waals surface area contributed by atoms with Gasteiger partial charge in [0.25, 0.3) is 0 Å². The first-order valence-electron chi connectivity index (χ1n) is 10.7. The van der Waals surface area contributed by atoms with Crippen LogP contribution in [-0.4, -0.2) is 28.9 Å². The number of nitrogens with one attached hydrogen (secondary N) is 1. The molecule has 27 heavy (non-hydrogen) atoms. The number of amides is 1. The second kappa shape index (κ2) is 9.77. The Morgan fingerprint density at radius 3 is 2.74 bits per heavy atom. The molecule has 0 unspecified atom stereocenters. The van der Waals surface area contributed by atoms with E-state index in [1.54, 1.807) is 0 Å². The molecule has 1 amide bonds. The maximum absolute atomic E-state index is 11.9. The molecular formula is C23H39NO3. The predicted molar refractivity (Wildman–Crippen MR) is 110 cm³/mol. The highest BCUT2D eigenvalue weighted by Gasteiger charge is 2.38. The summed E-state index contributed by atoms with van der Waals surface area (Å²) in [6, 6.07) is -0.317. The standard InChI is InChI=1S/C23H39NO3/c1-6-7-9-17-12-13-18-10-8-11-19(18)20(17)14-15-21(25)16(2)24-22(26)27-23(3,4)5/h7,9,12-13,16-21,25H,6,8,10-11,14-15H2,1-5H3,(H,24,26)/b9-7+/t16-,17+,18-,19+,20+,21-/m0/s1. The van der Waals surface area contributed by atoms with Gasteiger partial charge in [0.1, 0.15) is 5.60 Å². The molecule has 0 aliphatic heterocycles. The third-order valence-corrected chi connectivity index (χ3v) is 5.96. The average Bonchev–Trinajstić information content (AvgIpc) is 3.04. The summed E-state index contributed by atoms with van der Waals surface area (Å²) >= 11 is 0. The third kappa shape index (κ3) is 6.67. The van der Waals surface area contributed by atoms with E-state index in [2.05, 4.69) is 36.5 Å². The van der Waals surface area contributed by atoms with Crippen LogP contribution in [-0.2, 0) is 4.74 Å². The number of alkyl carbamates (subject to hydrolysis) is 1. The van der Waals surface area contributed by atoms with Crippen LogP contribution in [0.1, 0.15) is 73.1 Å². The lowest BCUT2D eigenvalue weighted by molar-refractivity contribution is 0.0414. The van der Waals surface area contributed by atoms with Crippen LogP contribution in [0.4, 0.5) is 4.79 Å². The van der Waals surface area contributed by atoms with Crippen LogP contribution in [0.3, 0.4) is 0 Å². The lowest BCUT2D eigenvalue weighted by atomic mass is 9.69. The van der Waals surface area contributed by atoms with Crippen molar-refractivity contribution in [2.45, 2.75) is 90.9 Å². The van der Waals surface area contributed by atoms with E-state index in [0.29, 0.717) is 18.3 Å². The molecule has 2 N–H and O–H groups in total. The molecule has 0 spiro atoms. The smallest absolute Gasteiger partial charge is 0.407 e. The normalized spacial score (nSPS) is 30.1. The van der Waals surface area contributed by atoms with E-state index < -0.39 is 17.8 Å². The zero-order chi connectivity index (χ0) is 20.0. The van der Waals surface area contributed by atoms with Gasteiger partial charge in [-0.05, 0) is 83.5 Å². The summed E-state index contributed by atoms with van der Waals surface area (Å²) in [5.74, 6) is 2.53. The number of hydrogen-bond donors (Lipinski definition) is 2. The molecule has 0 aromatic carbocycles. The van der Waals surface area contributed by atoms with Crippen LogP contribution in [0.25, 0.3) is 0 Å². The molecule has 1 saturated carbocycles. The van der Waals surface area contributed by atoms with Gasteiger partial charge in [0.2, 0.25) is 0 Å². The first-order chi connectivity index (χ1) is 12.7. The van der Waals surface area contributed by atoms with E-state index in [1.165, 1.54) is 19.3 Å². The molecule has 4 heteroatoms. The van der Waals surface area contributed by atoms with Crippen molar-refractivity contribution in [3.63, 3.8) is 0 Å². The van der Waals surface area contributed by atoms with Gasteiger partial charge in [-0.3, -0.25) is 0 Å². The van der Waals surface area contributed by atoms with Gasteiger partial charge in [0.05, 0.1) is 12.1 Å². The average molecular weight is 378 g/mol. The Labute approximate surface area is 165 Å². The number of allylic oxidation sites excluding steroid dienone is 4. The molecule has 2 rings (SSSR count). The molecule has 0 aromatic rings. The number of fused-ring (bicyclic) bond motifs is 1. The van der Waals surface area contributed by atoms with Crippen molar-refractivity contribution in [2.24, 2.45) is 23.7 Å². The second-order valence-electron chi connectivity index (χ2n) is 9.30. The molecule has 0 bridgehead atoms. The summed E-state index contributed by atoms with van der Waals surface area (Å²) in [5, 5.41) is 13.4. The van der Waals surface area contributed by atoms with Crippen molar-refractivity contribution in [3.05, 3.63) is 24.3 Å². The lowest BCUT2D eigenvalue weighted by Gasteiger charge is -2.36. The number of aliphatic hydroxyl groups is 1. The van der Waals surface area contributed by atoms with Crippen LogP contribution in [0.5, 0.6) is 0 Å². The highest BCUT2D eigenvalue weighted by molar-refractivity contribution is 5.68. The summed E-state index contributed by atoms with van der Waals surface area (Å²) in [6.45, 7) is 9.54. The van der Waals surface area contributed by atoms with Crippen LogP contribution in [0.15, 0.2) is 24.3 Å². The summed E-state index contributed by atoms with van der Waals surface area (Å²) in [4.78, 5) is 11.9. The van der Waals surface area contributed by atoms with Crippen molar-refractivity contribution >= 4 is 6.09 Å². The van der Waals surface area contributed by atoms with E-state index in [0.717, 1.165) is 24.7 Å². The van der Waals surface area contributed by atoms with Crippen molar-refractivity contribution < 1.29 is 14.6 Å². The molecule has 4 nitrogen and oxygen atoms in total. The topological polar surface area (TPSA) is 58.6 Å². The van der Waals surface area contributed by atoms with Gasteiger partial charge in [-0.15, -0.1) is 0 Å². The number of ether oxygens (including phenoxy) is 1. The van der Waals surface area contributed by atoms with Crippen molar-refractivity contribution in [2.75, 3.05) is 0 Å². The molecule has 0 saturated heterocycles. The number of hydrogen-bond acceptors (Lipinski definition) is 3. The summed E-state index contributed by atoms with van der Waals surface area (Å²) in [6.07, 6.45) is 15.1. The number of carbonyl (C=O) groups is 1. The monoisotopic (exact) mass is 377 g/mol. The fraction of sp³-hybridized carbons (Fsp3) is 0.783. The van der Waals surface area contributed by atoms with Crippen molar-refractivity contribution in [1.29, 1.82) is 0 Å². The van der Waals surface area contributed by atoms with Crippen molar-refractivity contribution in [1.82, 2.24) is 5.32 Å². The molecule has 6 atom stereocenters. The van der Waals surface area contributed by atoms with E-state index in [9.17, 15) is 9.90 Å². The Balaban J connectivity index is 1.90. The van der Waals surface area contributed by atoms with Gasteiger partial charge in [-0.1, -0.05) is 37.6 Å². The Hall–Kier alpha value is -1.29. The summed E-state index contributed by atoms with van der Waals surface area (Å²) in [7, 11) is 0. The van der Waals surface area contributed by atoms with Crippen LogP contribution in [0, 0.1) is 23.7 Å². The minimum absolute atomic E-state index is 0.317. The van der Waals surface area contributed by atoms with E-state index >= 15 is 0 Å². The molecular weight excluding hydrogens is 338 g/mol. The Morgan fingerprint density at radius 2 is 2.07 bits per heavy atom. The zero-order valence-electron chi connectivity index (χ0n) is 17.8. The SMILES string of the molecule is CC/C=C/[C@@H]1C=C[C@@H]2CCC[C@H]2[C@@H]1CC[C@H](O)[C@H](C)NC(=O)OC(C)(C)C. The molecule has 0 heterocycles. The molecule has 2 aliphatic carbocycles. The first kappa shape index (κ1) is 22.0. The predicted octanol–water partition coefficient (Wildman–Crippen LogP) is 5.23. The maximum Gasteiger partial charge on any atom is 0.407 e. The quantitative estimate of drug-likeness (QED) is 0.598. The number of carbonyl (C=O) groups excluding carboxylic acids is 1. The maximum atomic E-state index is 11.9. The summed E-state index contributed by atoms with van der Waals surface area (Å²) in [5.41, 5.74) is -0.528. The number of rotatable bonds is 7. The highest BCUT2D eigenvalue weighted by Crippen LogP contribution is 2.46. The fourth-order valence-corrected chi connectivity index (χ4v) is 4.60. The van der Waals surface area contributed by atoms with E-state index in [1.807, 2.05) is 27.7 Å². The molecule has 154 valence electrons. The molecule has 1 fully saturated rings. The lowest BCUT2D eigenvalue weighted by Crippen LogP contribution is -2.44. The van der Waals surface area contributed by atoms with Crippen LogP contribution >= 0.6 is 0 Å². The highest BCUT2D eigenvalue weighted by atomic mass is 16.6. The van der Waals surface area contributed by atoms with Crippen LogP contribution in [0.2, 0.25) is 0 Å². The fourth-order valence-electron chi connectivity index (χ4n) is 4.60. The molecule has 2 aliphatic rings. The zero-order valence-corrected chi connectivity index (χ0v) is 17.8. The Bertz CT molecular complexity index is 534. The van der Waals surface area contributed by atoms with Gasteiger partial charge in [-0.25, -0.2) is 4.79 Å². The number of aliphatic hydroxyl groups excluding tert-OH is 1. The van der Waals surface area contributed by atoms with E-state index in [-0.39, 0.29) is 6.04 Å². The van der Waals surface area contributed by atoms with Gasteiger partial charge in [0.15, 0.2) is 0 Å². The van der Waals surface area contributed by atoms with Gasteiger partial charge < -0.3 is 15.2 Å². The summed E-state index contributed by atoms with van der Waals surface area (Å²) < 4.78 is 5.29. The third-order valence-electron chi connectivity index (χ3n) is 5.96. The Morgan fingerprint density at radius 1 is 1.33 bits per heavy atom. The van der Waals surface area contributed by atoms with Gasteiger partial charge in [-0.2, -0.15) is 0 Å². The first-order valence-corrected chi connectivity index (χ1v) is 10.7. The molecule has 0 aromatic heterocycles. The van der Waals surface area contributed by atoms with Gasteiger partial charge >= 0.3 is 6.09 Å². The minimum atomic E-state index is -0.556. The van der Waals surface area contributed by atoms with Crippen LogP contribution < -0.4 is 5.32 Å². The van der Waals surface area contributed by atoms with Crippen molar-refractivity contribution in [3.8, 4) is 0 Å².